The third-order valence-corrected chi connectivity index (χ3v) is 3.60. The number of aryl methyl sites for hydroxylation is 1. The molecular formula is C20H25NO. The normalized spacial score (nSPS) is 11.0. The van der Waals surface area contributed by atoms with Crippen molar-refractivity contribution < 1.29 is 4.74 Å². The number of nitrogens with zero attached hydrogens (tertiary/aromatic N) is 1. The van der Waals surface area contributed by atoms with E-state index in [2.05, 4.69) is 43.1 Å². The first kappa shape index (κ1) is 16.3. The zero-order valence-corrected chi connectivity index (χ0v) is 13.6. The van der Waals surface area contributed by atoms with E-state index >= 15 is 0 Å². The van der Waals surface area contributed by atoms with Gasteiger partial charge in [-0.2, -0.15) is 0 Å². The van der Waals surface area contributed by atoms with Gasteiger partial charge in [-0.25, -0.2) is 0 Å². The molecule has 0 amide bonds. The van der Waals surface area contributed by atoms with Gasteiger partial charge in [-0.05, 0) is 60.4 Å². The van der Waals surface area contributed by atoms with Crippen LogP contribution in [0.1, 0.15) is 44.2 Å². The highest BCUT2D eigenvalue weighted by molar-refractivity contribution is 5.82. The van der Waals surface area contributed by atoms with Gasteiger partial charge in [-0.1, -0.05) is 38.8 Å². The molecule has 0 bridgehead atoms. The van der Waals surface area contributed by atoms with E-state index in [1.165, 1.54) is 18.4 Å². The third-order valence-electron chi connectivity index (χ3n) is 3.60. The number of rotatable bonds is 8. The highest BCUT2D eigenvalue weighted by Crippen LogP contribution is 2.15. The standard InChI is InChI=1S/C20H25NO/c1-3-5-6-15-22-20-13-9-18(10-14-20)16-21-19-11-7-17(4-2)8-12-19/h7-14,16H,3-6,15H2,1-2H3. The summed E-state index contributed by atoms with van der Waals surface area (Å²) in [5, 5.41) is 0. The van der Waals surface area contributed by atoms with Gasteiger partial charge < -0.3 is 4.74 Å². The lowest BCUT2D eigenvalue weighted by Gasteiger charge is -2.05. The predicted molar refractivity (Wildman–Crippen MR) is 94.5 cm³/mol. The molecule has 0 saturated heterocycles. The third kappa shape index (κ3) is 5.36. The van der Waals surface area contributed by atoms with Crippen molar-refractivity contribution in [2.45, 2.75) is 39.5 Å². The number of ether oxygens (including phenoxy) is 1. The molecule has 2 aromatic carbocycles. The molecule has 2 rings (SSSR count). The minimum absolute atomic E-state index is 0.797. The van der Waals surface area contributed by atoms with E-state index in [1.807, 2.05) is 30.5 Å². The number of unbranched alkanes of at least 4 members (excludes halogenated alkanes) is 2. The summed E-state index contributed by atoms with van der Waals surface area (Å²) in [6.07, 6.45) is 6.51. The average Bonchev–Trinajstić information content (AvgIpc) is 2.58. The zero-order valence-electron chi connectivity index (χ0n) is 13.6. The molecule has 2 nitrogen and oxygen atoms in total. The van der Waals surface area contributed by atoms with Gasteiger partial charge in [0.2, 0.25) is 0 Å². The van der Waals surface area contributed by atoms with Crippen LogP contribution >= 0.6 is 0 Å². The first-order valence-corrected chi connectivity index (χ1v) is 8.17. The van der Waals surface area contributed by atoms with Gasteiger partial charge in [0.15, 0.2) is 0 Å². The first-order valence-electron chi connectivity index (χ1n) is 8.17. The summed E-state index contributed by atoms with van der Waals surface area (Å²) >= 11 is 0. The van der Waals surface area contributed by atoms with Crippen LogP contribution in [0.15, 0.2) is 53.5 Å². The molecule has 116 valence electrons. The van der Waals surface area contributed by atoms with Crippen LogP contribution in [-0.4, -0.2) is 12.8 Å². The maximum atomic E-state index is 5.71. The van der Waals surface area contributed by atoms with Crippen molar-refractivity contribution in [3.05, 3.63) is 59.7 Å². The average molecular weight is 295 g/mol. The molecule has 0 aliphatic heterocycles. The van der Waals surface area contributed by atoms with Crippen LogP contribution in [-0.2, 0) is 6.42 Å². The van der Waals surface area contributed by atoms with Crippen molar-refractivity contribution in [3.8, 4) is 5.75 Å². The minimum Gasteiger partial charge on any atom is -0.494 e. The van der Waals surface area contributed by atoms with Crippen LogP contribution in [0, 0.1) is 0 Å². The van der Waals surface area contributed by atoms with E-state index in [9.17, 15) is 0 Å². The Labute approximate surface area is 133 Å². The first-order chi connectivity index (χ1) is 10.8. The molecule has 2 aromatic rings. The second kappa shape index (κ2) is 9.04. The van der Waals surface area contributed by atoms with E-state index in [0.717, 1.165) is 36.4 Å². The number of aliphatic imine (C=N–C) groups is 1. The second-order valence-electron chi connectivity index (χ2n) is 5.40. The number of benzene rings is 2. The Morgan fingerprint density at radius 2 is 1.64 bits per heavy atom. The van der Waals surface area contributed by atoms with E-state index in [1.54, 1.807) is 0 Å². The number of hydrogen-bond acceptors (Lipinski definition) is 2. The Balaban J connectivity index is 1.88. The van der Waals surface area contributed by atoms with Crippen LogP contribution in [0.25, 0.3) is 0 Å². The molecule has 0 aliphatic rings. The molecular weight excluding hydrogens is 270 g/mol. The van der Waals surface area contributed by atoms with Crippen LogP contribution in [0.5, 0.6) is 5.75 Å². The quantitative estimate of drug-likeness (QED) is 0.461. The summed E-state index contributed by atoms with van der Waals surface area (Å²) in [6.45, 7) is 5.15. The summed E-state index contributed by atoms with van der Waals surface area (Å²) in [5.41, 5.74) is 3.40. The SMILES string of the molecule is CCCCCOc1ccc(C=Nc2ccc(CC)cc2)cc1. The van der Waals surface area contributed by atoms with Crippen molar-refractivity contribution in [1.29, 1.82) is 0 Å². The summed E-state index contributed by atoms with van der Waals surface area (Å²) in [7, 11) is 0. The Hall–Kier alpha value is -2.09. The van der Waals surface area contributed by atoms with Gasteiger partial charge in [0, 0.05) is 6.21 Å². The maximum absolute atomic E-state index is 5.71. The fourth-order valence-electron chi connectivity index (χ4n) is 2.16. The molecule has 0 radical (unpaired) electrons. The lowest BCUT2D eigenvalue weighted by atomic mass is 10.1. The highest BCUT2D eigenvalue weighted by atomic mass is 16.5. The molecule has 0 N–H and O–H groups in total. The molecule has 0 aromatic heterocycles. The molecule has 22 heavy (non-hydrogen) atoms. The lowest BCUT2D eigenvalue weighted by Crippen LogP contribution is -1.96. The molecule has 0 heterocycles. The van der Waals surface area contributed by atoms with Crippen LogP contribution < -0.4 is 4.74 Å². The highest BCUT2D eigenvalue weighted by Gasteiger charge is 1.95. The Morgan fingerprint density at radius 3 is 2.27 bits per heavy atom. The van der Waals surface area contributed by atoms with Crippen molar-refractivity contribution in [1.82, 2.24) is 0 Å². The summed E-state index contributed by atoms with van der Waals surface area (Å²) in [5.74, 6) is 0.931. The summed E-state index contributed by atoms with van der Waals surface area (Å²) in [4.78, 5) is 4.50. The van der Waals surface area contributed by atoms with Crippen molar-refractivity contribution in [3.63, 3.8) is 0 Å². The van der Waals surface area contributed by atoms with Crippen LogP contribution in [0.4, 0.5) is 5.69 Å². The molecule has 0 spiro atoms. The van der Waals surface area contributed by atoms with Crippen molar-refractivity contribution in [2.24, 2.45) is 4.99 Å². The number of hydrogen-bond donors (Lipinski definition) is 0. The van der Waals surface area contributed by atoms with Gasteiger partial charge in [0.1, 0.15) is 5.75 Å². The summed E-state index contributed by atoms with van der Waals surface area (Å²) < 4.78 is 5.71. The van der Waals surface area contributed by atoms with Gasteiger partial charge in [-0.3, -0.25) is 4.99 Å². The lowest BCUT2D eigenvalue weighted by molar-refractivity contribution is 0.306. The maximum Gasteiger partial charge on any atom is 0.119 e. The molecule has 0 saturated carbocycles. The zero-order chi connectivity index (χ0) is 15.6. The molecule has 2 heteroatoms. The smallest absolute Gasteiger partial charge is 0.119 e. The fraction of sp³-hybridized carbons (Fsp3) is 0.350. The Morgan fingerprint density at radius 1 is 0.909 bits per heavy atom. The Kier molecular flexibility index (Phi) is 6.69. The molecule has 0 unspecified atom stereocenters. The van der Waals surface area contributed by atoms with Crippen LogP contribution in [0.2, 0.25) is 0 Å². The van der Waals surface area contributed by atoms with Crippen molar-refractivity contribution in [2.75, 3.05) is 6.61 Å². The second-order valence-corrected chi connectivity index (χ2v) is 5.40. The minimum atomic E-state index is 0.797. The van der Waals surface area contributed by atoms with Gasteiger partial charge in [0.05, 0.1) is 12.3 Å². The predicted octanol–water partition coefficient (Wildman–Crippen LogP) is 5.57. The van der Waals surface area contributed by atoms with Crippen LogP contribution in [0.3, 0.4) is 0 Å². The Bertz CT molecular complexity index is 570. The van der Waals surface area contributed by atoms with E-state index < -0.39 is 0 Å². The molecule has 0 fully saturated rings. The molecule has 0 atom stereocenters. The molecule has 0 aliphatic carbocycles. The van der Waals surface area contributed by atoms with E-state index in [4.69, 9.17) is 4.74 Å². The summed E-state index contributed by atoms with van der Waals surface area (Å²) in [6, 6.07) is 16.5. The topological polar surface area (TPSA) is 21.6 Å². The van der Waals surface area contributed by atoms with E-state index in [-0.39, 0.29) is 0 Å². The largest absolute Gasteiger partial charge is 0.494 e. The van der Waals surface area contributed by atoms with Gasteiger partial charge in [0.25, 0.3) is 0 Å². The van der Waals surface area contributed by atoms with Gasteiger partial charge in [-0.15, -0.1) is 0 Å². The van der Waals surface area contributed by atoms with Gasteiger partial charge >= 0.3 is 0 Å². The van der Waals surface area contributed by atoms with E-state index in [0.29, 0.717) is 0 Å². The van der Waals surface area contributed by atoms with Crippen molar-refractivity contribution >= 4 is 11.9 Å². The fourth-order valence-corrected chi connectivity index (χ4v) is 2.16. The monoisotopic (exact) mass is 295 g/mol.